The molecule has 1 amide bonds. The van der Waals surface area contributed by atoms with Gasteiger partial charge >= 0.3 is 0 Å². The second kappa shape index (κ2) is 6.17. The quantitative estimate of drug-likeness (QED) is 0.736. The minimum atomic E-state index is -2.92. The van der Waals surface area contributed by atoms with Crippen LogP contribution in [0, 0.1) is 5.92 Å². The highest BCUT2D eigenvalue weighted by atomic mass is 32.2. The maximum absolute atomic E-state index is 12.0. The van der Waals surface area contributed by atoms with Gasteiger partial charge in [0.25, 0.3) is 0 Å². The first kappa shape index (κ1) is 14.7. The van der Waals surface area contributed by atoms with Gasteiger partial charge < -0.3 is 10.6 Å². The van der Waals surface area contributed by atoms with Crippen LogP contribution in [-0.2, 0) is 14.6 Å². The molecule has 0 aromatic carbocycles. The molecule has 1 atom stereocenters. The van der Waals surface area contributed by atoms with Gasteiger partial charge in [-0.25, -0.2) is 8.42 Å². The van der Waals surface area contributed by atoms with Crippen molar-refractivity contribution < 1.29 is 13.2 Å². The Balaban J connectivity index is 1.76. The molecule has 19 heavy (non-hydrogen) atoms. The van der Waals surface area contributed by atoms with Crippen LogP contribution >= 0.6 is 12.2 Å². The number of thiocarbonyl (C=S) groups is 1. The van der Waals surface area contributed by atoms with Crippen LogP contribution in [0.15, 0.2) is 0 Å². The lowest BCUT2D eigenvalue weighted by atomic mass is 9.89. The summed E-state index contributed by atoms with van der Waals surface area (Å²) < 4.78 is 22.6. The fourth-order valence-electron chi connectivity index (χ4n) is 2.71. The molecule has 1 saturated carbocycles. The zero-order valence-electron chi connectivity index (χ0n) is 10.9. The number of nitrogens with one attached hydrogen (secondary N) is 2. The van der Waals surface area contributed by atoms with Gasteiger partial charge in [-0.2, -0.15) is 0 Å². The molecule has 108 valence electrons. The van der Waals surface area contributed by atoms with E-state index < -0.39 is 9.84 Å². The Bertz CT molecular complexity index is 456. The van der Waals surface area contributed by atoms with Crippen LogP contribution in [0.25, 0.3) is 0 Å². The van der Waals surface area contributed by atoms with Crippen molar-refractivity contribution in [1.82, 2.24) is 10.6 Å². The third kappa shape index (κ3) is 4.42. The van der Waals surface area contributed by atoms with Crippen molar-refractivity contribution in [3.8, 4) is 0 Å². The Kier molecular flexibility index (Phi) is 4.78. The summed E-state index contributed by atoms with van der Waals surface area (Å²) in [6, 6.07) is -0.163. The predicted molar refractivity (Wildman–Crippen MR) is 77.5 cm³/mol. The molecule has 0 aromatic heterocycles. The van der Waals surface area contributed by atoms with Gasteiger partial charge in [0.05, 0.1) is 11.5 Å². The van der Waals surface area contributed by atoms with Gasteiger partial charge in [-0.3, -0.25) is 4.79 Å². The maximum Gasteiger partial charge on any atom is 0.229 e. The molecule has 0 unspecified atom stereocenters. The smallest absolute Gasteiger partial charge is 0.229 e. The van der Waals surface area contributed by atoms with Gasteiger partial charge in [0.15, 0.2) is 14.9 Å². The third-order valence-electron chi connectivity index (χ3n) is 3.78. The first-order valence-electron chi connectivity index (χ1n) is 6.78. The van der Waals surface area contributed by atoms with E-state index in [4.69, 9.17) is 12.2 Å². The van der Waals surface area contributed by atoms with E-state index >= 15 is 0 Å². The molecule has 7 heteroatoms. The molecule has 1 aliphatic carbocycles. The van der Waals surface area contributed by atoms with E-state index in [9.17, 15) is 13.2 Å². The van der Waals surface area contributed by atoms with E-state index in [1.807, 2.05) is 0 Å². The second-order valence-electron chi connectivity index (χ2n) is 5.40. The Morgan fingerprint density at radius 3 is 2.37 bits per heavy atom. The lowest BCUT2D eigenvalue weighted by Crippen LogP contribution is -2.46. The van der Waals surface area contributed by atoms with Gasteiger partial charge in [-0.05, 0) is 31.5 Å². The van der Waals surface area contributed by atoms with Crippen molar-refractivity contribution in [3.05, 3.63) is 0 Å². The predicted octanol–water partition coefficient (Wildman–Crippen LogP) is 0.744. The molecule has 1 aliphatic heterocycles. The zero-order chi connectivity index (χ0) is 13.9. The van der Waals surface area contributed by atoms with Gasteiger partial charge in [0, 0.05) is 12.0 Å². The Labute approximate surface area is 119 Å². The van der Waals surface area contributed by atoms with Crippen LogP contribution in [0.5, 0.6) is 0 Å². The normalized spacial score (nSPS) is 26.8. The highest BCUT2D eigenvalue weighted by Gasteiger charge is 2.29. The average Bonchev–Trinajstić information content (AvgIpc) is 2.69. The second-order valence-corrected chi connectivity index (χ2v) is 8.03. The first-order valence-corrected chi connectivity index (χ1v) is 9.01. The molecule has 5 nitrogen and oxygen atoms in total. The zero-order valence-corrected chi connectivity index (χ0v) is 12.5. The standard InChI is InChI=1S/C12H20N2O3S2/c15-11(9-4-2-1-3-5-9)14-12(18)13-10-6-7-19(16,17)8-10/h9-10H,1-8H2,(H2,13,14,15,18)/t10-/m1/s1. The molecular weight excluding hydrogens is 284 g/mol. The first-order chi connectivity index (χ1) is 8.96. The molecule has 1 saturated heterocycles. The third-order valence-corrected chi connectivity index (χ3v) is 5.77. The summed E-state index contributed by atoms with van der Waals surface area (Å²) in [5, 5.41) is 5.88. The summed E-state index contributed by atoms with van der Waals surface area (Å²) in [7, 11) is -2.92. The van der Waals surface area contributed by atoms with Gasteiger partial charge in [0.1, 0.15) is 0 Å². The Hall–Kier alpha value is -0.690. The summed E-state index contributed by atoms with van der Waals surface area (Å²) >= 11 is 5.07. The van der Waals surface area contributed by atoms with E-state index in [1.165, 1.54) is 6.42 Å². The summed E-state index contributed by atoms with van der Waals surface area (Å²) in [6.45, 7) is 0. The van der Waals surface area contributed by atoms with Crippen molar-refractivity contribution >= 4 is 33.1 Å². The number of rotatable bonds is 2. The summed E-state index contributed by atoms with van der Waals surface area (Å²) in [5.74, 6) is 0.329. The average molecular weight is 304 g/mol. The van der Waals surface area contributed by atoms with Gasteiger partial charge in [0.2, 0.25) is 5.91 Å². The molecular formula is C12H20N2O3S2. The highest BCUT2D eigenvalue weighted by Crippen LogP contribution is 2.23. The number of carbonyl (C=O) groups is 1. The minimum Gasteiger partial charge on any atom is -0.359 e. The number of hydrogen-bond donors (Lipinski definition) is 2. The van der Waals surface area contributed by atoms with E-state index in [-0.39, 0.29) is 34.5 Å². The monoisotopic (exact) mass is 304 g/mol. The Morgan fingerprint density at radius 1 is 1.11 bits per heavy atom. The summed E-state index contributed by atoms with van der Waals surface area (Å²) in [5.41, 5.74) is 0. The number of amides is 1. The van der Waals surface area contributed by atoms with Crippen LogP contribution in [0.1, 0.15) is 38.5 Å². The highest BCUT2D eigenvalue weighted by molar-refractivity contribution is 7.91. The lowest BCUT2D eigenvalue weighted by Gasteiger charge is -2.22. The van der Waals surface area contributed by atoms with Gasteiger partial charge in [-0.15, -0.1) is 0 Å². The van der Waals surface area contributed by atoms with Crippen molar-refractivity contribution in [3.63, 3.8) is 0 Å². The minimum absolute atomic E-state index is 0.0296. The molecule has 0 bridgehead atoms. The van der Waals surface area contributed by atoms with Crippen LogP contribution in [0.2, 0.25) is 0 Å². The molecule has 0 spiro atoms. The van der Waals surface area contributed by atoms with E-state index in [0.29, 0.717) is 6.42 Å². The van der Waals surface area contributed by atoms with Crippen LogP contribution in [0.3, 0.4) is 0 Å². The molecule has 2 rings (SSSR count). The SMILES string of the molecule is O=C(NC(=S)N[C@@H]1CCS(=O)(=O)C1)C1CCCCC1. The fourth-order valence-corrected chi connectivity index (χ4v) is 4.65. The van der Waals surface area contributed by atoms with Crippen LogP contribution in [-0.4, -0.2) is 37.0 Å². The fraction of sp³-hybridized carbons (Fsp3) is 0.833. The molecule has 1 heterocycles. The largest absolute Gasteiger partial charge is 0.359 e. The van der Waals surface area contributed by atoms with E-state index in [0.717, 1.165) is 25.7 Å². The molecule has 2 N–H and O–H groups in total. The lowest BCUT2D eigenvalue weighted by molar-refractivity contribution is -0.124. The number of carbonyl (C=O) groups excluding carboxylic acids is 1. The molecule has 2 aliphatic rings. The van der Waals surface area contributed by atoms with Gasteiger partial charge in [-0.1, -0.05) is 19.3 Å². The summed E-state index contributed by atoms with van der Waals surface area (Å²) in [6.07, 6.45) is 5.80. The van der Waals surface area contributed by atoms with Crippen molar-refractivity contribution in [2.45, 2.75) is 44.6 Å². The molecule has 2 fully saturated rings. The van der Waals surface area contributed by atoms with Crippen molar-refractivity contribution in [1.29, 1.82) is 0 Å². The van der Waals surface area contributed by atoms with E-state index in [2.05, 4.69) is 10.6 Å². The number of sulfone groups is 1. The topological polar surface area (TPSA) is 75.3 Å². The van der Waals surface area contributed by atoms with Crippen molar-refractivity contribution in [2.24, 2.45) is 5.92 Å². The van der Waals surface area contributed by atoms with Crippen LogP contribution in [0.4, 0.5) is 0 Å². The molecule has 0 aromatic rings. The van der Waals surface area contributed by atoms with Crippen molar-refractivity contribution in [2.75, 3.05) is 11.5 Å². The maximum atomic E-state index is 12.0. The van der Waals surface area contributed by atoms with E-state index in [1.54, 1.807) is 0 Å². The number of hydrogen-bond acceptors (Lipinski definition) is 4. The Morgan fingerprint density at radius 2 is 1.79 bits per heavy atom. The van der Waals surface area contributed by atoms with Crippen LogP contribution < -0.4 is 10.6 Å². The summed E-state index contributed by atoms with van der Waals surface area (Å²) in [4.78, 5) is 12.0. The molecule has 0 radical (unpaired) electrons.